The molecule has 0 N–H and O–H groups in total. The van der Waals surface area contributed by atoms with E-state index in [9.17, 15) is 5.26 Å². The first-order valence-electron chi connectivity index (χ1n) is 9.48. The number of nitriles is 1. The zero-order chi connectivity index (χ0) is 17.9. The van der Waals surface area contributed by atoms with E-state index in [1.165, 1.54) is 35.2 Å². The fraction of sp³-hybridized carbons (Fsp3) is 0.348. The lowest BCUT2D eigenvalue weighted by Crippen LogP contribution is -2.34. The minimum absolute atomic E-state index is 0.364. The predicted molar refractivity (Wildman–Crippen MR) is 106 cm³/mol. The molecule has 1 saturated heterocycles. The van der Waals surface area contributed by atoms with Gasteiger partial charge in [-0.2, -0.15) is 5.26 Å². The molecule has 2 aromatic rings. The quantitative estimate of drug-likeness (QED) is 0.736. The Morgan fingerprint density at radius 3 is 2.58 bits per heavy atom. The fourth-order valence-corrected chi connectivity index (χ4v) is 4.38. The summed E-state index contributed by atoms with van der Waals surface area (Å²) >= 11 is 0. The molecule has 0 aromatic heterocycles. The van der Waals surface area contributed by atoms with Gasteiger partial charge in [-0.3, -0.25) is 4.90 Å². The summed E-state index contributed by atoms with van der Waals surface area (Å²) in [5.41, 5.74) is 6.17. The Morgan fingerprint density at radius 2 is 1.73 bits per heavy atom. The molecule has 1 heterocycles. The number of fused-ring (bicyclic) bond motifs is 2. The van der Waals surface area contributed by atoms with E-state index in [-0.39, 0.29) is 0 Å². The zero-order valence-corrected chi connectivity index (χ0v) is 15.4. The van der Waals surface area contributed by atoms with Gasteiger partial charge in [0, 0.05) is 31.8 Å². The molecule has 0 spiro atoms. The maximum Gasteiger partial charge on any atom is 0.0918 e. The smallest absolute Gasteiger partial charge is 0.0918 e. The Balaban J connectivity index is 1.84. The molecule has 0 radical (unpaired) electrons. The minimum atomic E-state index is 0.364. The Hall–Kier alpha value is -2.41. The molecule has 1 fully saturated rings. The van der Waals surface area contributed by atoms with Crippen LogP contribution in [0.25, 0.3) is 5.57 Å². The third kappa shape index (κ3) is 3.19. The average molecular weight is 343 g/mol. The molecule has 132 valence electrons. The number of nitrogens with zero attached hydrogens (tertiary/aromatic N) is 3. The van der Waals surface area contributed by atoms with E-state index >= 15 is 0 Å². The lowest BCUT2D eigenvalue weighted by Gasteiger charge is -2.31. The van der Waals surface area contributed by atoms with Crippen molar-refractivity contribution in [1.29, 1.82) is 5.26 Å². The van der Waals surface area contributed by atoms with E-state index < -0.39 is 0 Å². The second-order valence-electron chi connectivity index (χ2n) is 7.34. The Kier molecular flexibility index (Phi) is 4.88. The molecular weight excluding hydrogens is 318 g/mol. The first-order chi connectivity index (χ1) is 12.8. The zero-order valence-electron chi connectivity index (χ0n) is 15.4. The Bertz CT molecular complexity index is 862. The Morgan fingerprint density at radius 1 is 0.962 bits per heavy atom. The van der Waals surface area contributed by atoms with Crippen LogP contribution in [0.1, 0.15) is 34.7 Å². The van der Waals surface area contributed by atoms with Crippen molar-refractivity contribution < 1.29 is 0 Å². The van der Waals surface area contributed by atoms with Crippen molar-refractivity contribution >= 4 is 5.57 Å². The van der Waals surface area contributed by atoms with Gasteiger partial charge in [0.2, 0.25) is 0 Å². The normalized spacial score (nSPS) is 22.8. The van der Waals surface area contributed by atoms with Crippen molar-refractivity contribution in [2.45, 2.75) is 18.9 Å². The highest BCUT2D eigenvalue weighted by Crippen LogP contribution is 2.40. The summed E-state index contributed by atoms with van der Waals surface area (Å²) in [6, 6.07) is 19.9. The van der Waals surface area contributed by atoms with Gasteiger partial charge in [-0.05, 0) is 54.3 Å². The molecule has 2 aromatic carbocycles. The molecule has 0 amide bonds. The summed E-state index contributed by atoms with van der Waals surface area (Å²) in [4.78, 5) is 5.08. The molecule has 26 heavy (non-hydrogen) atoms. The maximum absolute atomic E-state index is 9.40. The van der Waals surface area contributed by atoms with Crippen LogP contribution >= 0.6 is 0 Å². The van der Waals surface area contributed by atoms with Crippen LogP contribution < -0.4 is 0 Å². The van der Waals surface area contributed by atoms with E-state index in [4.69, 9.17) is 0 Å². The van der Waals surface area contributed by atoms with Crippen LogP contribution in [0.15, 0.2) is 54.6 Å². The number of likely N-dealkylation sites (N-methyl/N-ethyl adjacent to an activating group) is 1. The molecular formula is C23H25N3. The maximum atomic E-state index is 9.40. The van der Waals surface area contributed by atoms with E-state index in [2.05, 4.69) is 71.4 Å². The van der Waals surface area contributed by atoms with Gasteiger partial charge in [0.15, 0.2) is 0 Å². The highest BCUT2D eigenvalue weighted by atomic mass is 15.2. The number of hydrogen-bond donors (Lipinski definition) is 0. The van der Waals surface area contributed by atoms with Crippen LogP contribution in [-0.4, -0.2) is 43.0 Å². The van der Waals surface area contributed by atoms with Gasteiger partial charge < -0.3 is 4.90 Å². The van der Waals surface area contributed by atoms with E-state index in [1.807, 2.05) is 0 Å². The summed E-state index contributed by atoms with van der Waals surface area (Å²) in [6.07, 6.45) is 3.92. The summed E-state index contributed by atoms with van der Waals surface area (Å²) in [5.74, 6) is 0. The van der Waals surface area contributed by atoms with Gasteiger partial charge in [0.1, 0.15) is 0 Å². The van der Waals surface area contributed by atoms with Gasteiger partial charge in [0.05, 0.1) is 6.07 Å². The van der Waals surface area contributed by atoms with Gasteiger partial charge in [-0.1, -0.05) is 48.5 Å². The number of benzene rings is 2. The highest BCUT2D eigenvalue weighted by Gasteiger charge is 2.29. The van der Waals surface area contributed by atoms with E-state index in [0.29, 0.717) is 6.04 Å². The molecule has 1 aliphatic heterocycles. The molecule has 1 unspecified atom stereocenters. The van der Waals surface area contributed by atoms with Crippen molar-refractivity contribution in [1.82, 2.24) is 9.80 Å². The van der Waals surface area contributed by atoms with E-state index in [1.54, 1.807) is 6.08 Å². The molecule has 0 bridgehead atoms. The number of rotatable bonds is 1. The number of hydrogen-bond acceptors (Lipinski definition) is 3. The van der Waals surface area contributed by atoms with Crippen LogP contribution in [-0.2, 0) is 6.42 Å². The van der Waals surface area contributed by atoms with E-state index in [0.717, 1.165) is 31.6 Å². The monoisotopic (exact) mass is 343 g/mol. The van der Waals surface area contributed by atoms with Crippen molar-refractivity contribution in [2.24, 2.45) is 0 Å². The Labute approximate surface area is 156 Å². The third-order valence-electron chi connectivity index (χ3n) is 5.73. The summed E-state index contributed by atoms with van der Waals surface area (Å²) in [6.45, 7) is 4.50. The summed E-state index contributed by atoms with van der Waals surface area (Å²) < 4.78 is 0. The lowest BCUT2D eigenvalue weighted by atomic mass is 9.93. The topological polar surface area (TPSA) is 30.3 Å². The van der Waals surface area contributed by atoms with Gasteiger partial charge in [-0.25, -0.2) is 0 Å². The first-order valence-corrected chi connectivity index (χ1v) is 9.48. The second-order valence-corrected chi connectivity index (χ2v) is 7.34. The molecule has 4 rings (SSSR count). The van der Waals surface area contributed by atoms with Crippen molar-refractivity contribution in [3.8, 4) is 6.07 Å². The van der Waals surface area contributed by atoms with Crippen molar-refractivity contribution in [2.75, 3.05) is 33.2 Å². The van der Waals surface area contributed by atoms with Crippen LogP contribution in [0.3, 0.4) is 0 Å². The average Bonchev–Trinajstić information content (AvgIpc) is 2.96. The third-order valence-corrected chi connectivity index (χ3v) is 5.73. The van der Waals surface area contributed by atoms with Crippen LogP contribution in [0.2, 0.25) is 0 Å². The SMILES string of the molecule is CN1CCCN(C2Cc3ccccc3C(=CC#N)c3ccccc32)CC1. The van der Waals surface area contributed by atoms with Crippen LogP contribution in [0.5, 0.6) is 0 Å². The van der Waals surface area contributed by atoms with Crippen molar-refractivity contribution in [3.63, 3.8) is 0 Å². The highest BCUT2D eigenvalue weighted by molar-refractivity contribution is 5.85. The number of allylic oxidation sites excluding steroid dienone is 1. The van der Waals surface area contributed by atoms with Crippen LogP contribution in [0, 0.1) is 11.3 Å². The predicted octanol–water partition coefficient (Wildman–Crippen LogP) is 3.88. The van der Waals surface area contributed by atoms with Gasteiger partial charge in [-0.15, -0.1) is 0 Å². The van der Waals surface area contributed by atoms with Crippen LogP contribution in [0.4, 0.5) is 0 Å². The second kappa shape index (κ2) is 7.45. The summed E-state index contributed by atoms with van der Waals surface area (Å²) in [7, 11) is 2.22. The standard InChI is InChI=1S/C23H25N3/c1-25-13-6-14-26(16-15-25)23-17-18-7-2-3-8-19(18)21(11-12-24)20-9-4-5-10-22(20)23/h2-5,7-11,23H,6,13-17H2,1H3. The molecule has 3 heteroatoms. The molecule has 2 aliphatic rings. The summed E-state index contributed by atoms with van der Waals surface area (Å²) in [5, 5.41) is 9.40. The van der Waals surface area contributed by atoms with Gasteiger partial charge in [0.25, 0.3) is 0 Å². The first kappa shape index (κ1) is 17.0. The molecule has 0 saturated carbocycles. The lowest BCUT2D eigenvalue weighted by molar-refractivity contribution is 0.202. The van der Waals surface area contributed by atoms with Gasteiger partial charge >= 0.3 is 0 Å². The van der Waals surface area contributed by atoms with Crippen molar-refractivity contribution in [3.05, 3.63) is 76.9 Å². The molecule has 1 atom stereocenters. The largest absolute Gasteiger partial charge is 0.305 e. The molecule has 1 aliphatic carbocycles. The fourth-order valence-electron chi connectivity index (χ4n) is 4.38. The minimum Gasteiger partial charge on any atom is -0.305 e. The molecule has 3 nitrogen and oxygen atoms in total.